The number of benzene rings is 4. The van der Waals surface area contributed by atoms with Gasteiger partial charge in [0.05, 0.1) is 5.02 Å². The summed E-state index contributed by atoms with van der Waals surface area (Å²) in [6, 6.07) is 24.3. The zero-order chi connectivity index (χ0) is 20.2. The maximum absolute atomic E-state index is 14.0. The highest BCUT2D eigenvalue weighted by molar-refractivity contribution is 6.31. The molecule has 0 amide bonds. The normalized spacial score (nSPS) is 10.9. The van der Waals surface area contributed by atoms with Crippen LogP contribution in [0, 0.1) is 5.82 Å². The Kier molecular flexibility index (Phi) is 5.89. The van der Waals surface area contributed by atoms with Gasteiger partial charge in [-0.2, -0.15) is 0 Å². The molecule has 0 radical (unpaired) electrons. The maximum Gasteiger partial charge on any atom is 0.131 e. The van der Waals surface area contributed by atoms with E-state index < -0.39 is 0 Å². The van der Waals surface area contributed by atoms with Gasteiger partial charge in [-0.05, 0) is 41.8 Å². The number of anilines is 1. The van der Waals surface area contributed by atoms with Crippen LogP contribution in [-0.2, 0) is 13.2 Å². The smallest absolute Gasteiger partial charge is 0.131 e. The van der Waals surface area contributed by atoms with Crippen molar-refractivity contribution in [1.29, 1.82) is 0 Å². The molecule has 0 aliphatic rings. The van der Waals surface area contributed by atoms with Crippen molar-refractivity contribution in [2.45, 2.75) is 13.2 Å². The number of hydrogen-bond acceptors (Lipinski definition) is 2. The second-order valence-corrected chi connectivity index (χ2v) is 7.46. The van der Waals surface area contributed by atoms with Gasteiger partial charge in [-0.3, -0.25) is 0 Å². The molecule has 0 unspecified atom stereocenters. The van der Waals surface area contributed by atoms with E-state index in [1.807, 2.05) is 30.3 Å². The van der Waals surface area contributed by atoms with Crippen LogP contribution >= 0.6 is 23.2 Å². The molecule has 29 heavy (non-hydrogen) atoms. The highest BCUT2D eigenvalue weighted by atomic mass is 35.5. The third-order valence-corrected chi connectivity index (χ3v) is 5.30. The zero-order valence-corrected chi connectivity index (χ0v) is 17.0. The van der Waals surface area contributed by atoms with E-state index >= 15 is 0 Å². The molecule has 5 heteroatoms. The predicted molar refractivity (Wildman–Crippen MR) is 118 cm³/mol. The lowest BCUT2D eigenvalue weighted by atomic mass is 10.1. The quantitative estimate of drug-likeness (QED) is 0.345. The minimum absolute atomic E-state index is 0.0361. The van der Waals surface area contributed by atoms with Gasteiger partial charge in [-0.1, -0.05) is 65.7 Å². The van der Waals surface area contributed by atoms with Crippen LogP contribution in [-0.4, -0.2) is 0 Å². The van der Waals surface area contributed by atoms with Crippen molar-refractivity contribution in [1.82, 2.24) is 0 Å². The van der Waals surface area contributed by atoms with Gasteiger partial charge >= 0.3 is 0 Å². The first-order valence-corrected chi connectivity index (χ1v) is 9.93. The average Bonchev–Trinajstić information content (AvgIpc) is 2.73. The van der Waals surface area contributed by atoms with Crippen molar-refractivity contribution in [2.24, 2.45) is 0 Å². The van der Waals surface area contributed by atoms with E-state index in [1.165, 1.54) is 6.07 Å². The second-order valence-electron chi connectivity index (χ2n) is 6.62. The van der Waals surface area contributed by atoms with E-state index in [1.54, 1.807) is 24.3 Å². The Morgan fingerprint density at radius 3 is 2.52 bits per heavy atom. The molecule has 4 aromatic rings. The molecule has 0 fully saturated rings. The number of rotatable bonds is 6. The molecule has 0 atom stereocenters. The molecule has 0 spiro atoms. The number of halogens is 3. The SMILES string of the molecule is Fc1cccc(Cl)c1COc1ccc(Cl)cc1CNc1cccc2ccccc12. The molecule has 0 aliphatic carbocycles. The summed E-state index contributed by atoms with van der Waals surface area (Å²) in [6.45, 7) is 0.545. The van der Waals surface area contributed by atoms with Gasteiger partial charge in [0.25, 0.3) is 0 Å². The lowest BCUT2D eigenvalue weighted by molar-refractivity contribution is 0.297. The fraction of sp³-hybridized carbons (Fsp3) is 0.0833. The van der Waals surface area contributed by atoms with Crippen LogP contribution in [0.1, 0.15) is 11.1 Å². The van der Waals surface area contributed by atoms with Gasteiger partial charge < -0.3 is 10.1 Å². The van der Waals surface area contributed by atoms with Gasteiger partial charge in [-0.25, -0.2) is 4.39 Å². The summed E-state index contributed by atoms with van der Waals surface area (Å²) in [7, 11) is 0. The maximum atomic E-state index is 14.0. The summed E-state index contributed by atoms with van der Waals surface area (Å²) in [5, 5.41) is 6.70. The topological polar surface area (TPSA) is 21.3 Å². The van der Waals surface area contributed by atoms with Crippen molar-refractivity contribution in [2.75, 3.05) is 5.32 Å². The Balaban J connectivity index is 1.55. The fourth-order valence-electron chi connectivity index (χ4n) is 3.22. The Bertz CT molecular complexity index is 1140. The van der Waals surface area contributed by atoms with Crippen molar-refractivity contribution < 1.29 is 9.13 Å². The van der Waals surface area contributed by atoms with E-state index in [0.717, 1.165) is 22.0 Å². The summed E-state index contributed by atoms with van der Waals surface area (Å²) in [4.78, 5) is 0. The minimum atomic E-state index is -0.387. The van der Waals surface area contributed by atoms with Gasteiger partial charge in [0.15, 0.2) is 0 Å². The lowest BCUT2D eigenvalue weighted by Crippen LogP contribution is -2.05. The van der Waals surface area contributed by atoms with Gasteiger partial charge in [0.2, 0.25) is 0 Å². The highest BCUT2D eigenvalue weighted by Crippen LogP contribution is 2.28. The molecule has 1 N–H and O–H groups in total. The van der Waals surface area contributed by atoms with Crippen molar-refractivity contribution in [3.05, 3.63) is 106 Å². The zero-order valence-electron chi connectivity index (χ0n) is 15.5. The molecule has 0 saturated heterocycles. The largest absolute Gasteiger partial charge is 0.488 e. The summed E-state index contributed by atoms with van der Waals surface area (Å²) < 4.78 is 19.9. The van der Waals surface area contributed by atoms with E-state index in [9.17, 15) is 4.39 Å². The first-order valence-electron chi connectivity index (χ1n) is 9.17. The van der Waals surface area contributed by atoms with E-state index in [0.29, 0.717) is 27.9 Å². The fourth-order valence-corrected chi connectivity index (χ4v) is 3.63. The summed E-state index contributed by atoms with van der Waals surface area (Å²) in [5.41, 5.74) is 2.22. The Morgan fingerprint density at radius 1 is 0.862 bits per heavy atom. The third kappa shape index (κ3) is 4.47. The Morgan fingerprint density at radius 2 is 1.66 bits per heavy atom. The molecule has 146 valence electrons. The molecule has 2 nitrogen and oxygen atoms in total. The monoisotopic (exact) mass is 425 g/mol. The van der Waals surface area contributed by atoms with Gasteiger partial charge in [-0.15, -0.1) is 0 Å². The number of hydrogen-bond donors (Lipinski definition) is 1. The molecule has 0 heterocycles. The molecule has 0 aromatic heterocycles. The summed E-state index contributed by atoms with van der Waals surface area (Å²) in [5.74, 6) is 0.239. The average molecular weight is 426 g/mol. The Hall–Kier alpha value is -2.75. The highest BCUT2D eigenvalue weighted by Gasteiger charge is 2.11. The summed E-state index contributed by atoms with van der Waals surface area (Å²) >= 11 is 12.3. The van der Waals surface area contributed by atoms with Gasteiger partial charge in [0.1, 0.15) is 18.2 Å². The third-order valence-electron chi connectivity index (χ3n) is 4.72. The second kappa shape index (κ2) is 8.73. The van der Waals surface area contributed by atoms with Crippen LogP contribution in [0.4, 0.5) is 10.1 Å². The van der Waals surface area contributed by atoms with Crippen molar-refractivity contribution in [3.8, 4) is 5.75 Å². The Labute approximate surface area is 178 Å². The molecule has 0 bridgehead atoms. The summed E-state index contributed by atoms with van der Waals surface area (Å²) in [6.07, 6.45) is 0. The van der Waals surface area contributed by atoms with E-state index in [4.69, 9.17) is 27.9 Å². The van der Waals surface area contributed by atoms with Crippen molar-refractivity contribution in [3.63, 3.8) is 0 Å². The molecular formula is C24H18Cl2FNO. The number of fused-ring (bicyclic) bond motifs is 1. The molecule has 0 aliphatic heterocycles. The van der Waals surface area contributed by atoms with Crippen LogP contribution in [0.3, 0.4) is 0 Å². The molecule has 4 aromatic carbocycles. The van der Waals surface area contributed by atoms with Crippen LogP contribution in [0.2, 0.25) is 10.0 Å². The van der Waals surface area contributed by atoms with Crippen LogP contribution < -0.4 is 10.1 Å². The molecule has 0 saturated carbocycles. The van der Waals surface area contributed by atoms with Crippen LogP contribution in [0.5, 0.6) is 5.75 Å². The standard InChI is InChI=1S/C24H18Cl2FNO/c25-18-11-12-24(29-15-20-21(26)8-4-9-22(20)27)17(13-18)14-28-23-10-3-6-16-5-1-2-7-19(16)23/h1-13,28H,14-15H2. The van der Waals surface area contributed by atoms with Crippen molar-refractivity contribution >= 4 is 39.7 Å². The number of ether oxygens (including phenoxy) is 1. The minimum Gasteiger partial charge on any atom is -0.488 e. The first-order chi connectivity index (χ1) is 14.1. The first kappa shape index (κ1) is 19.6. The lowest BCUT2D eigenvalue weighted by Gasteiger charge is -2.15. The van der Waals surface area contributed by atoms with Crippen LogP contribution in [0.25, 0.3) is 10.8 Å². The van der Waals surface area contributed by atoms with E-state index in [-0.39, 0.29) is 12.4 Å². The molecular weight excluding hydrogens is 408 g/mol. The van der Waals surface area contributed by atoms with Crippen LogP contribution in [0.15, 0.2) is 78.9 Å². The van der Waals surface area contributed by atoms with Gasteiger partial charge in [0, 0.05) is 33.8 Å². The predicted octanol–water partition coefficient (Wildman–Crippen LogP) is 7.48. The molecule has 4 rings (SSSR count). The number of nitrogens with one attached hydrogen (secondary N) is 1. The van der Waals surface area contributed by atoms with E-state index in [2.05, 4.69) is 23.5 Å².